The van der Waals surface area contributed by atoms with Gasteiger partial charge in [0.2, 0.25) is 5.91 Å². The van der Waals surface area contributed by atoms with Crippen molar-refractivity contribution in [1.29, 1.82) is 0 Å². The summed E-state index contributed by atoms with van der Waals surface area (Å²) in [6.45, 7) is 3.16. The Bertz CT molecular complexity index is 523. The zero-order valence-corrected chi connectivity index (χ0v) is 13.0. The topological polar surface area (TPSA) is 20.3 Å². The molecule has 3 aliphatic rings. The molecule has 0 radical (unpaired) electrons. The third kappa shape index (κ3) is 1.86. The van der Waals surface area contributed by atoms with Gasteiger partial charge in [-0.05, 0) is 60.9 Å². The number of rotatable bonds is 2. The molecule has 0 saturated heterocycles. The molecule has 2 saturated carbocycles. The maximum absolute atomic E-state index is 13.0. The Kier molecular flexibility index (Phi) is 3.13. The second kappa shape index (κ2) is 4.87. The lowest BCUT2D eigenvalue weighted by Crippen LogP contribution is -2.43. The molecule has 20 heavy (non-hydrogen) atoms. The lowest BCUT2D eigenvalue weighted by molar-refractivity contribution is -0.140. The molecule has 2 aliphatic carbocycles. The lowest BCUT2D eigenvalue weighted by atomic mass is 9.86. The Morgan fingerprint density at radius 1 is 1.40 bits per heavy atom. The van der Waals surface area contributed by atoms with Crippen LogP contribution in [0.5, 0.6) is 0 Å². The molecule has 4 atom stereocenters. The van der Waals surface area contributed by atoms with Crippen LogP contribution in [0.25, 0.3) is 0 Å². The van der Waals surface area contributed by atoms with E-state index in [0.29, 0.717) is 23.8 Å². The second-order valence-electron chi connectivity index (χ2n) is 6.79. The van der Waals surface area contributed by atoms with Gasteiger partial charge in [0.25, 0.3) is 0 Å². The van der Waals surface area contributed by atoms with E-state index in [1.54, 1.807) is 0 Å². The average Bonchev–Trinajstić information content (AvgIpc) is 3.20. The zero-order valence-electron chi connectivity index (χ0n) is 12.2. The highest BCUT2D eigenvalue weighted by Gasteiger charge is 2.45. The molecular weight excluding hydrogens is 266 g/mol. The van der Waals surface area contributed by atoms with Gasteiger partial charge in [-0.3, -0.25) is 4.79 Å². The van der Waals surface area contributed by atoms with Crippen molar-refractivity contribution in [3.8, 4) is 0 Å². The second-order valence-corrected chi connectivity index (χ2v) is 7.79. The Balaban J connectivity index is 1.57. The number of nitrogens with zero attached hydrogens (tertiary/aromatic N) is 1. The summed E-state index contributed by atoms with van der Waals surface area (Å²) in [5, 5.41) is 2.19. The van der Waals surface area contributed by atoms with Crippen molar-refractivity contribution in [3.63, 3.8) is 0 Å². The van der Waals surface area contributed by atoms with Crippen molar-refractivity contribution >= 4 is 17.2 Å². The van der Waals surface area contributed by atoms with Gasteiger partial charge >= 0.3 is 0 Å². The van der Waals surface area contributed by atoms with Gasteiger partial charge in [0, 0.05) is 17.3 Å². The van der Waals surface area contributed by atoms with E-state index in [9.17, 15) is 4.79 Å². The summed E-state index contributed by atoms with van der Waals surface area (Å²) < 4.78 is 0. The standard InChI is InChI=1S/C17H23NOS/c1-2-15-13-6-8-20-16(13)5-7-18(15)17(19)14-10-11-3-4-12(14)9-11/h6,8,11-12,14-15H,2-5,7,9-10H2,1H3/t11-,12-,14+,15+/m0/s1. The van der Waals surface area contributed by atoms with Crippen LogP contribution in [0.1, 0.15) is 55.5 Å². The molecule has 108 valence electrons. The molecule has 1 amide bonds. The number of carbonyl (C=O) groups excluding carboxylic acids is 1. The molecule has 3 heteroatoms. The van der Waals surface area contributed by atoms with Gasteiger partial charge in [0.15, 0.2) is 0 Å². The van der Waals surface area contributed by atoms with E-state index in [0.717, 1.165) is 25.3 Å². The predicted molar refractivity (Wildman–Crippen MR) is 81.7 cm³/mol. The minimum absolute atomic E-state index is 0.344. The summed E-state index contributed by atoms with van der Waals surface area (Å²) in [6, 6.07) is 2.59. The summed E-state index contributed by atoms with van der Waals surface area (Å²) in [6.07, 6.45) is 7.29. The molecule has 2 heterocycles. The predicted octanol–water partition coefficient (Wildman–Crippen LogP) is 4.02. The Labute approximate surface area is 125 Å². The largest absolute Gasteiger partial charge is 0.335 e. The number of hydrogen-bond donors (Lipinski definition) is 0. The van der Waals surface area contributed by atoms with E-state index in [-0.39, 0.29) is 0 Å². The number of hydrogen-bond acceptors (Lipinski definition) is 2. The average molecular weight is 289 g/mol. The summed E-state index contributed by atoms with van der Waals surface area (Å²) in [5.74, 6) is 2.38. The molecule has 2 fully saturated rings. The first-order chi connectivity index (χ1) is 9.78. The van der Waals surface area contributed by atoms with Gasteiger partial charge < -0.3 is 4.90 Å². The van der Waals surface area contributed by atoms with Crippen molar-refractivity contribution in [2.45, 2.75) is 51.5 Å². The third-order valence-corrected chi connectivity index (χ3v) is 6.82. The third-order valence-electron chi connectivity index (χ3n) is 5.82. The van der Waals surface area contributed by atoms with Gasteiger partial charge in [0.05, 0.1) is 6.04 Å². The summed E-state index contributed by atoms with van der Waals surface area (Å²) in [5.41, 5.74) is 1.43. The van der Waals surface area contributed by atoms with Crippen LogP contribution in [-0.4, -0.2) is 17.4 Å². The summed E-state index contributed by atoms with van der Waals surface area (Å²) >= 11 is 1.86. The molecule has 1 aromatic heterocycles. The van der Waals surface area contributed by atoms with Crippen LogP contribution in [0.3, 0.4) is 0 Å². The highest BCUT2D eigenvalue weighted by atomic mass is 32.1. The van der Waals surface area contributed by atoms with Crippen molar-refractivity contribution in [1.82, 2.24) is 4.90 Å². The van der Waals surface area contributed by atoms with Gasteiger partial charge in [0.1, 0.15) is 0 Å². The zero-order chi connectivity index (χ0) is 13.7. The molecule has 2 nitrogen and oxygen atoms in total. The monoisotopic (exact) mass is 289 g/mol. The van der Waals surface area contributed by atoms with Crippen LogP contribution in [0.15, 0.2) is 11.4 Å². The quantitative estimate of drug-likeness (QED) is 0.805. The Hall–Kier alpha value is -0.830. The van der Waals surface area contributed by atoms with E-state index < -0.39 is 0 Å². The smallest absolute Gasteiger partial charge is 0.226 e. The van der Waals surface area contributed by atoms with Crippen molar-refractivity contribution in [2.24, 2.45) is 17.8 Å². The minimum atomic E-state index is 0.344. The van der Waals surface area contributed by atoms with Crippen LogP contribution in [0.4, 0.5) is 0 Å². The van der Waals surface area contributed by atoms with E-state index in [2.05, 4.69) is 23.3 Å². The van der Waals surface area contributed by atoms with E-state index >= 15 is 0 Å². The highest BCUT2D eigenvalue weighted by molar-refractivity contribution is 7.10. The molecule has 0 N–H and O–H groups in total. The van der Waals surface area contributed by atoms with Crippen LogP contribution in [0.2, 0.25) is 0 Å². The normalized spacial score (nSPS) is 35.4. The Morgan fingerprint density at radius 2 is 2.30 bits per heavy atom. The van der Waals surface area contributed by atoms with Crippen LogP contribution < -0.4 is 0 Å². The molecule has 0 unspecified atom stereocenters. The number of thiophene rings is 1. The molecule has 4 rings (SSSR count). The maximum atomic E-state index is 13.0. The first-order valence-corrected chi connectivity index (χ1v) is 9.02. The van der Waals surface area contributed by atoms with Gasteiger partial charge in [-0.2, -0.15) is 0 Å². The van der Waals surface area contributed by atoms with Crippen LogP contribution >= 0.6 is 11.3 Å². The van der Waals surface area contributed by atoms with Crippen molar-refractivity contribution in [2.75, 3.05) is 6.54 Å². The molecule has 0 aromatic carbocycles. The Morgan fingerprint density at radius 3 is 3.00 bits per heavy atom. The molecular formula is C17H23NOS. The fourth-order valence-electron chi connectivity index (χ4n) is 4.86. The van der Waals surface area contributed by atoms with E-state index in [1.807, 2.05) is 11.3 Å². The SMILES string of the molecule is CC[C@@H]1c2ccsc2CCN1C(=O)[C@@H]1C[C@H]2CC[C@H]1C2. The van der Waals surface area contributed by atoms with Gasteiger partial charge in [-0.15, -0.1) is 11.3 Å². The van der Waals surface area contributed by atoms with Gasteiger partial charge in [-0.1, -0.05) is 13.3 Å². The fourth-order valence-corrected chi connectivity index (χ4v) is 5.79. The summed E-state index contributed by atoms with van der Waals surface area (Å²) in [7, 11) is 0. The van der Waals surface area contributed by atoms with E-state index in [4.69, 9.17) is 0 Å². The first kappa shape index (κ1) is 12.9. The first-order valence-electron chi connectivity index (χ1n) is 8.14. The highest BCUT2D eigenvalue weighted by Crippen LogP contribution is 2.50. The fraction of sp³-hybridized carbons (Fsp3) is 0.706. The minimum Gasteiger partial charge on any atom is -0.335 e. The molecule has 2 bridgehead atoms. The maximum Gasteiger partial charge on any atom is 0.226 e. The van der Waals surface area contributed by atoms with Crippen molar-refractivity contribution in [3.05, 3.63) is 21.9 Å². The molecule has 0 spiro atoms. The number of fused-ring (bicyclic) bond motifs is 3. The van der Waals surface area contributed by atoms with Crippen molar-refractivity contribution < 1.29 is 4.79 Å². The van der Waals surface area contributed by atoms with E-state index in [1.165, 1.54) is 36.1 Å². The number of carbonyl (C=O) groups is 1. The van der Waals surface area contributed by atoms with Gasteiger partial charge in [-0.25, -0.2) is 0 Å². The lowest BCUT2D eigenvalue weighted by Gasteiger charge is -2.38. The molecule has 1 aliphatic heterocycles. The van der Waals surface area contributed by atoms with Crippen LogP contribution in [0, 0.1) is 17.8 Å². The number of amides is 1. The van der Waals surface area contributed by atoms with Crippen LogP contribution in [-0.2, 0) is 11.2 Å². The summed E-state index contributed by atoms with van der Waals surface area (Å²) in [4.78, 5) is 16.8. The molecule has 1 aromatic rings.